The molecule has 3 fully saturated rings. The van der Waals surface area contributed by atoms with E-state index in [0.29, 0.717) is 42.2 Å². The van der Waals surface area contributed by atoms with Crippen LogP contribution in [0.3, 0.4) is 0 Å². The number of nitrogens with one attached hydrogen (secondary N) is 1. The summed E-state index contributed by atoms with van der Waals surface area (Å²) in [7, 11) is 0. The average molecular weight is 633 g/mol. The van der Waals surface area contributed by atoms with Gasteiger partial charge in [0, 0.05) is 35.0 Å². The molecule has 2 N–H and O–H groups in total. The third-order valence-electron chi connectivity index (χ3n) is 11.0. The summed E-state index contributed by atoms with van der Waals surface area (Å²) in [5.41, 5.74) is 2.90. The van der Waals surface area contributed by atoms with E-state index < -0.39 is 23.5 Å². The zero-order valence-corrected chi connectivity index (χ0v) is 27.5. The quantitative estimate of drug-likeness (QED) is 0.296. The number of nitrogens with zero attached hydrogens (tertiary/aromatic N) is 3. The number of carbonyl (C=O) groups is 2. The van der Waals surface area contributed by atoms with Crippen molar-refractivity contribution in [3.05, 3.63) is 46.0 Å². The molecule has 0 spiro atoms. The molecule has 0 saturated heterocycles. The Kier molecular flexibility index (Phi) is 7.65. The van der Waals surface area contributed by atoms with Crippen LogP contribution in [-0.4, -0.2) is 50.3 Å². The first kappa shape index (κ1) is 31.1. The lowest BCUT2D eigenvalue weighted by atomic mass is 9.67. The van der Waals surface area contributed by atoms with Gasteiger partial charge in [-0.25, -0.2) is 18.7 Å². The highest BCUT2D eigenvalue weighted by atomic mass is 19.1. The third-order valence-corrected chi connectivity index (χ3v) is 11.0. The highest BCUT2D eigenvalue weighted by molar-refractivity contribution is 5.93. The number of hydrogen-bond acceptors (Lipinski definition) is 6. The number of fused-ring (bicyclic) bond motifs is 4. The van der Waals surface area contributed by atoms with Crippen LogP contribution in [0.5, 0.6) is 5.75 Å². The van der Waals surface area contributed by atoms with Gasteiger partial charge in [-0.05, 0) is 114 Å². The molecule has 9 nitrogen and oxygen atoms in total. The molecule has 3 aromatic rings. The van der Waals surface area contributed by atoms with E-state index in [1.165, 1.54) is 49.1 Å². The normalized spacial score (nSPS) is 26.0. The fraction of sp³-hybridized carbons (Fsp3) is 0.611. The minimum Gasteiger partial charge on any atom is -0.490 e. The first-order valence-corrected chi connectivity index (χ1v) is 16.9. The second-order valence-corrected chi connectivity index (χ2v) is 15.3. The van der Waals surface area contributed by atoms with Crippen molar-refractivity contribution in [2.75, 3.05) is 13.2 Å². The molecule has 5 atom stereocenters. The van der Waals surface area contributed by atoms with Crippen molar-refractivity contribution in [2.24, 2.45) is 23.2 Å². The lowest BCUT2D eigenvalue weighted by Gasteiger charge is -2.40. The van der Waals surface area contributed by atoms with E-state index in [9.17, 15) is 14.7 Å². The molecular weight excluding hydrogens is 587 g/mol. The van der Waals surface area contributed by atoms with Gasteiger partial charge >= 0.3 is 5.97 Å². The number of aromatic nitrogens is 3. The fourth-order valence-corrected chi connectivity index (χ4v) is 9.20. The molecule has 1 aliphatic heterocycles. The Labute approximate surface area is 269 Å². The summed E-state index contributed by atoms with van der Waals surface area (Å²) in [5, 5.41) is 18.4. The summed E-state index contributed by atoms with van der Waals surface area (Å²) in [6.45, 7) is 10.0. The Balaban J connectivity index is 1.32. The second-order valence-electron chi connectivity index (χ2n) is 15.3. The zero-order valence-electron chi connectivity index (χ0n) is 27.5. The summed E-state index contributed by atoms with van der Waals surface area (Å²) in [6, 6.07) is 3.01. The highest BCUT2D eigenvalue weighted by Gasteiger charge is 2.49. The number of carboxylic acid groups (broad SMARTS) is 1. The molecule has 2 unspecified atom stereocenters. The van der Waals surface area contributed by atoms with Crippen molar-refractivity contribution in [3.63, 3.8) is 0 Å². The van der Waals surface area contributed by atoms with E-state index in [1.807, 2.05) is 6.92 Å². The predicted molar refractivity (Wildman–Crippen MR) is 170 cm³/mol. The monoisotopic (exact) mass is 632 g/mol. The average Bonchev–Trinajstić information content (AvgIpc) is 3.51. The van der Waals surface area contributed by atoms with Gasteiger partial charge < -0.3 is 19.9 Å². The molecule has 1 aromatic carbocycles. The maximum atomic E-state index is 15.7. The van der Waals surface area contributed by atoms with Gasteiger partial charge in [-0.1, -0.05) is 12.8 Å². The van der Waals surface area contributed by atoms with Crippen LogP contribution < -0.4 is 10.1 Å². The molecule has 10 heteroatoms. The number of aliphatic carboxylic acids is 1. The van der Waals surface area contributed by atoms with Gasteiger partial charge in [0.2, 0.25) is 0 Å². The molecule has 7 rings (SSSR count). The van der Waals surface area contributed by atoms with Gasteiger partial charge in [0.05, 0.1) is 17.9 Å². The maximum Gasteiger partial charge on any atom is 0.337 e. The number of carbonyl (C=O) groups excluding carboxylic acids is 1. The number of rotatable bonds is 7. The van der Waals surface area contributed by atoms with Gasteiger partial charge in [0.1, 0.15) is 0 Å². The van der Waals surface area contributed by atoms with E-state index in [2.05, 4.69) is 5.32 Å². The van der Waals surface area contributed by atoms with E-state index in [-0.39, 0.29) is 28.3 Å². The van der Waals surface area contributed by atoms with Crippen LogP contribution in [0, 0.1) is 42.8 Å². The molecule has 3 aliphatic carbocycles. The lowest BCUT2D eigenvalue weighted by molar-refractivity contribution is -0.160. The predicted octanol–water partition coefficient (Wildman–Crippen LogP) is 6.75. The minimum absolute atomic E-state index is 0.139. The molecule has 3 heterocycles. The number of carboxylic acids is 1. The van der Waals surface area contributed by atoms with Gasteiger partial charge in [-0.2, -0.15) is 5.10 Å². The lowest BCUT2D eigenvalue weighted by Crippen LogP contribution is -2.41. The summed E-state index contributed by atoms with van der Waals surface area (Å²) in [6.07, 6.45) is 8.68. The Morgan fingerprint density at radius 1 is 1.20 bits per heavy atom. The van der Waals surface area contributed by atoms with Crippen molar-refractivity contribution < 1.29 is 28.6 Å². The molecule has 3 bridgehead atoms. The van der Waals surface area contributed by atoms with E-state index in [0.717, 1.165) is 41.7 Å². The van der Waals surface area contributed by atoms with Crippen LogP contribution in [0.25, 0.3) is 16.9 Å². The smallest absolute Gasteiger partial charge is 0.337 e. The van der Waals surface area contributed by atoms with Gasteiger partial charge in [0.25, 0.3) is 5.91 Å². The SMILES string of the molecule is Cc1nc2cc(C(=O)NCC34CCC[C@H]5C[C@@H](CC5C3)C4)nn2c(-c2cc(F)c3c(c2C)CCCO3)c1[C@H](OC(C)(C)C)C(=O)O. The Hall–Kier alpha value is -3.53. The van der Waals surface area contributed by atoms with Crippen molar-refractivity contribution in [3.8, 4) is 17.0 Å². The van der Waals surface area contributed by atoms with Crippen LogP contribution >= 0.6 is 0 Å². The van der Waals surface area contributed by atoms with Crippen LogP contribution in [0.1, 0.15) is 111 Å². The first-order valence-electron chi connectivity index (χ1n) is 16.9. The van der Waals surface area contributed by atoms with Crippen molar-refractivity contribution in [1.82, 2.24) is 19.9 Å². The number of halogens is 1. The van der Waals surface area contributed by atoms with Gasteiger partial charge in [-0.3, -0.25) is 4.79 Å². The standard InChI is InChI=1S/C36H45FN4O5/c1-19-24-9-7-11-45-31(24)26(37)14-25(19)30-29(32(34(43)44)46-35(3,4)5)20(2)39-28-15-27(40-41(28)30)33(42)38-18-36-10-6-8-22-12-21(16-36)13-23(22)17-36/h14-15,21-23,32H,6-13,16-18H2,1-5H3,(H,38,42)(H,43,44)/t21-,22-,23?,32-,36?/m0/s1. The van der Waals surface area contributed by atoms with E-state index >= 15 is 4.39 Å². The molecule has 2 aromatic heterocycles. The van der Waals surface area contributed by atoms with Gasteiger partial charge in [0.15, 0.2) is 29.0 Å². The summed E-state index contributed by atoms with van der Waals surface area (Å²) >= 11 is 0. The number of aryl methyl sites for hydroxylation is 1. The second kappa shape index (κ2) is 11.3. The Bertz CT molecular complexity index is 1730. The van der Waals surface area contributed by atoms with E-state index in [1.54, 1.807) is 33.8 Å². The molecular formula is C36H45FN4O5. The summed E-state index contributed by atoms with van der Waals surface area (Å²) in [4.78, 5) is 31.2. The maximum absolute atomic E-state index is 15.7. The third kappa shape index (κ3) is 5.46. The number of benzene rings is 1. The summed E-state index contributed by atoms with van der Waals surface area (Å²) in [5.74, 6) is 0.632. The topological polar surface area (TPSA) is 115 Å². The Morgan fingerprint density at radius 2 is 1.98 bits per heavy atom. The number of hydrogen-bond donors (Lipinski definition) is 2. The summed E-state index contributed by atoms with van der Waals surface area (Å²) < 4.78 is 28.9. The largest absolute Gasteiger partial charge is 0.490 e. The number of amides is 1. The molecule has 0 radical (unpaired) electrons. The first-order chi connectivity index (χ1) is 21.8. The van der Waals surface area contributed by atoms with E-state index in [4.69, 9.17) is 19.6 Å². The molecule has 46 heavy (non-hydrogen) atoms. The molecule has 3 saturated carbocycles. The van der Waals surface area contributed by atoms with Crippen LogP contribution in [0.15, 0.2) is 12.1 Å². The highest BCUT2D eigenvalue weighted by Crippen LogP contribution is 2.58. The zero-order chi connectivity index (χ0) is 32.5. The number of ether oxygens (including phenoxy) is 2. The van der Waals surface area contributed by atoms with Crippen molar-refractivity contribution >= 4 is 17.5 Å². The fourth-order valence-electron chi connectivity index (χ4n) is 9.20. The Morgan fingerprint density at radius 3 is 2.74 bits per heavy atom. The molecule has 4 aliphatic rings. The minimum atomic E-state index is -1.41. The van der Waals surface area contributed by atoms with Crippen molar-refractivity contribution in [1.29, 1.82) is 0 Å². The molecule has 246 valence electrons. The molecule has 1 amide bonds. The van der Waals surface area contributed by atoms with Gasteiger partial charge in [-0.15, -0.1) is 0 Å². The van der Waals surface area contributed by atoms with Crippen LogP contribution in [0.4, 0.5) is 4.39 Å². The van der Waals surface area contributed by atoms with Crippen molar-refractivity contribution in [2.45, 2.75) is 104 Å². The van der Waals surface area contributed by atoms with Crippen LogP contribution in [0.2, 0.25) is 0 Å². The van der Waals surface area contributed by atoms with Crippen LogP contribution in [-0.2, 0) is 16.0 Å².